The van der Waals surface area contributed by atoms with Crippen LogP contribution in [0.2, 0.25) is 0 Å². The van der Waals surface area contributed by atoms with Gasteiger partial charge in [0, 0.05) is 12.5 Å². The van der Waals surface area contributed by atoms with Crippen LogP contribution in [0.15, 0.2) is 17.7 Å². The Hall–Kier alpha value is -2.42. The Morgan fingerprint density at radius 1 is 1.43 bits per heavy atom. The van der Waals surface area contributed by atoms with E-state index in [1.54, 1.807) is 27.8 Å². The van der Waals surface area contributed by atoms with Gasteiger partial charge >= 0.3 is 5.97 Å². The number of carbonyl (C=O) groups excluding carboxylic acids is 1. The molecule has 0 radical (unpaired) electrons. The third kappa shape index (κ3) is 2.19. The van der Waals surface area contributed by atoms with Crippen LogP contribution in [0.25, 0.3) is 0 Å². The number of aliphatic hydroxyl groups is 1. The number of carboxylic acids is 1. The van der Waals surface area contributed by atoms with Gasteiger partial charge in [0.05, 0.1) is 6.20 Å². The summed E-state index contributed by atoms with van der Waals surface area (Å²) in [7, 11) is 1.64. The Morgan fingerprint density at radius 3 is 2.57 bits per heavy atom. The maximum absolute atomic E-state index is 12.4. The molecule has 9 nitrogen and oxygen atoms in total. The van der Waals surface area contributed by atoms with E-state index in [2.05, 4.69) is 10.3 Å². The molecule has 0 unspecified atom stereocenters. The summed E-state index contributed by atoms with van der Waals surface area (Å²) >= 11 is 0. The zero-order valence-electron chi connectivity index (χ0n) is 13.2. The number of aliphatic hydroxyl groups excluding tert-OH is 1. The lowest BCUT2D eigenvalue weighted by atomic mass is 9.88. The van der Waals surface area contributed by atoms with Gasteiger partial charge in [-0.15, -0.1) is 5.10 Å². The number of hydrogen-bond donors (Lipinski definition) is 2. The predicted molar refractivity (Wildman–Crippen MR) is 75.3 cm³/mol. The van der Waals surface area contributed by atoms with E-state index in [4.69, 9.17) is 4.74 Å². The topological polar surface area (TPSA) is 118 Å². The fourth-order valence-corrected chi connectivity index (χ4v) is 2.84. The molecule has 0 saturated carbocycles. The molecule has 1 fully saturated rings. The standard InChI is InChI=1S/C14H18N4O5/c1-14(2,3)10-8(13(21)22)18-11(20)7(12(18)23-10)9(19)6-5-17(4)16-15-6/h5,7,9,12,19H,1-4H3,(H,21,22)/t7-,9-,12-/m0/s1. The normalized spacial score (nSPS) is 25.1. The zero-order valence-corrected chi connectivity index (χ0v) is 13.2. The Bertz CT molecular complexity index is 717. The van der Waals surface area contributed by atoms with Gasteiger partial charge in [-0.1, -0.05) is 26.0 Å². The molecule has 1 aromatic heterocycles. The lowest BCUT2D eigenvalue weighted by molar-refractivity contribution is -0.185. The van der Waals surface area contributed by atoms with E-state index in [0.29, 0.717) is 0 Å². The van der Waals surface area contributed by atoms with Crippen molar-refractivity contribution in [2.24, 2.45) is 18.4 Å². The first kappa shape index (κ1) is 15.5. The highest BCUT2D eigenvalue weighted by molar-refractivity contribution is 5.98. The van der Waals surface area contributed by atoms with Crippen LogP contribution in [0.1, 0.15) is 32.6 Å². The average molecular weight is 322 g/mol. The van der Waals surface area contributed by atoms with Crippen LogP contribution in [0.3, 0.4) is 0 Å². The van der Waals surface area contributed by atoms with E-state index in [1.807, 2.05) is 0 Å². The summed E-state index contributed by atoms with van der Waals surface area (Å²) in [4.78, 5) is 25.0. The van der Waals surface area contributed by atoms with Gasteiger partial charge in [-0.05, 0) is 0 Å². The van der Waals surface area contributed by atoms with E-state index < -0.39 is 35.5 Å². The predicted octanol–water partition coefficient (Wildman–Crippen LogP) is 0.00550. The lowest BCUT2D eigenvalue weighted by Crippen LogP contribution is -2.61. The molecule has 1 saturated heterocycles. The fraction of sp³-hybridized carbons (Fsp3) is 0.571. The van der Waals surface area contributed by atoms with Crippen LogP contribution in [0, 0.1) is 11.3 Å². The number of aliphatic carboxylic acids is 1. The monoisotopic (exact) mass is 322 g/mol. The molecule has 2 aliphatic rings. The SMILES string of the molecule is Cn1cc([C@H](O)[C@H]2C(=O)N3C(C(=O)O)=C(C(C)(C)C)O[C@@H]23)nn1. The van der Waals surface area contributed by atoms with Crippen molar-refractivity contribution in [2.45, 2.75) is 33.1 Å². The summed E-state index contributed by atoms with van der Waals surface area (Å²) in [5.41, 5.74) is -0.488. The first-order valence-corrected chi connectivity index (χ1v) is 7.15. The van der Waals surface area contributed by atoms with Crippen LogP contribution in [-0.2, 0) is 21.4 Å². The van der Waals surface area contributed by atoms with Crippen LogP contribution in [-0.4, -0.2) is 48.2 Å². The van der Waals surface area contributed by atoms with Gasteiger partial charge in [-0.3, -0.25) is 14.4 Å². The van der Waals surface area contributed by atoms with E-state index in [1.165, 1.54) is 10.9 Å². The average Bonchev–Trinajstić information content (AvgIpc) is 2.99. The van der Waals surface area contributed by atoms with E-state index in [0.717, 1.165) is 4.90 Å². The molecule has 0 aliphatic carbocycles. The van der Waals surface area contributed by atoms with Gasteiger partial charge in [-0.2, -0.15) is 0 Å². The molecule has 0 aromatic carbocycles. The van der Waals surface area contributed by atoms with Crippen molar-refractivity contribution in [3.05, 3.63) is 23.3 Å². The van der Waals surface area contributed by atoms with E-state index >= 15 is 0 Å². The highest BCUT2D eigenvalue weighted by Crippen LogP contribution is 2.48. The number of nitrogens with zero attached hydrogens (tertiary/aromatic N) is 4. The summed E-state index contributed by atoms with van der Waals surface area (Å²) in [6.45, 7) is 5.40. The molecule has 0 spiro atoms. The summed E-state index contributed by atoms with van der Waals surface area (Å²) in [5.74, 6) is -2.39. The van der Waals surface area contributed by atoms with Crippen LogP contribution in [0.4, 0.5) is 0 Å². The van der Waals surface area contributed by atoms with Gasteiger partial charge in [0.25, 0.3) is 0 Å². The summed E-state index contributed by atoms with van der Waals surface area (Å²) < 4.78 is 7.13. The maximum Gasteiger partial charge on any atom is 0.356 e. The minimum atomic E-state index is -1.22. The van der Waals surface area contributed by atoms with E-state index in [9.17, 15) is 19.8 Å². The number of β-lactam (4-membered cyclic amide) rings is 1. The highest BCUT2D eigenvalue weighted by Gasteiger charge is 2.61. The van der Waals surface area contributed by atoms with Crippen molar-refractivity contribution in [1.82, 2.24) is 19.9 Å². The molecule has 3 rings (SSSR count). The second-order valence-electron chi connectivity index (χ2n) is 6.74. The van der Waals surface area contributed by atoms with Gasteiger partial charge in [-0.25, -0.2) is 4.79 Å². The third-order valence-electron chi connectivity index (χ3n) is 3.93. The van der Waals surface area contributed by atoms with E-state index in [-0.39, 0.29) is 17.2 Å². The molecule has 23 heavy (non-hydrogen) atoms. The summed E-state index contributed by atoms with van der Waals surface area (Å²) in [6, 6.07) is 0. The van der Waals surface area contributed by atoms with Crippen molar-refractivity contribution in [1.29, 1.82) is 0 Å². The van der Waals surface area contributed by atoms with Gasteiger partial charge in [0.2, 0.25) is 5.91 Å². The number of ether oxygens (including phenoxy) is 1. The molecular formula is C14H18N4O5. The third-order valence-corrected chi connectivity index (χ3v) is 3.93. The molecule has 9 heteroatoms. The van der Waals surface area contributed by atoms with Gasteiger partial charge in [0.1, 0.15) is 23.5 Å². The fourth-order valence-electron chi connectivity index (χ4n) is 2.84. The van der Waals surface area contributed by atoms with Gasteiger partial charge < -0.3 is 14.9 Å². The molecule has 1 aromatic rings. The maximum atomic E-state index is 12.4. The lowest BCUT2D eigenvalue weighted by Gasteiger charge is -2.42. The van der Waals surface area contributed by atoms with Crippen LogP contribution >= 0.6 is 0 Å². The van der Waals surface area contributed by atoms with Crippen molar-refractivity contribution < 1.29 is 24.5 Å². The first-order valence-electron chi connectivity index (χ1n) is 7.15. The smallest absolute Gasteiger partial charge is 0.356 e. The Kier molecular flexibility index (Phi) is 3.22. The molecule has 2 N–H and O–H groups in total. The molecule has 124 valence electrons. The summed E-state index contributed by atoms with van der Waals surface area (Å²) in [5, 5.41) is 27.3. The minimum absolute atomic E-state index is 0.157. The number of amides is 1. The number of hydrogen-bond acceptors (Lipinski definition) is 6. The number of aromatic nitrogens is 3. The second-order valence-corrected chi connectivity index (χ2v) is 6.74. The molecule has 2 aliphatic heterocycles. The van der Waals surface area contributed by atoms with Crippen LogP contribution < -0.4 is 0 Å². The number of allylic oxidation sites excluding steroid dienone is 1. The molecule has 1 amide bonds. The quantitative estimate of drug-likeness (QED) is 0.752. The Labute approximate surface area is 132 Å². The minimum Gasteiger partial charge on any atom is -0.476 e. The second kappa shape index (κ2) is 4.79. The van der Waals surface area contributed by atoms with Crippen molar-refractivity contribution in [2.75, 3.05) is 0 Å². The van der Waals surface area contributed by atoms with Crippen molar-refractivity contribution in [3.8, 4) is 0 Å². The number of carbonyl (C=O) groups is 2. The number of aryl methyl sites for hydroxylation is 1. The number of rotatable bonds is 3. The highest BCUT2D eigenvalue weighted by atomic mass is 16.5. The zero-order chi connectivity index (χ0) is 17.1. The largest absolute Gasteiger partial charge is 0.476 e. The Morgan fingerprint density at radius 2 is 2.09 bits per heavy atom. The summed E-state index contributed by atoms with van der Waals surface area (Å²) in [6.07, 6.45) is -0.530. The molecule has 0 bridgehead atoms. The van der Waals surface area contributed by atoms with Crippen molar-refractivity contribution in [3.63, 3.8) is 0 Å². The molecular weight excluding hydrogens is 304 g/mol. The van der Waals surface area contributed by atoms with Gasteiger partial charge in [0.15, 0.2) is 11.9 Å². The molecule has 3 atom stereocenters. The van der Waals surface area contributed by atoms with Crippen LogP contribution in [0.5, 0.6) is 0 Å². The molecule has 3 heterocycles. The number of fused-ring (bicyclic) bond motifs is 1. The Balaban J connectivity index is 1.91. The number of carboxylic acid groups (broad SMARTS) is 1. The first-order chi connectivity index (χ1) is 10.6. The van der Waals surface area contributed by atoms with Crippen molar-refractivity contribution >= 4 is 11.9 Å².